The number of nitrogens with one attached hydrogen (secondary N) is 1. The van der Waals surface area contributed by atoms with Gasteiger partial charge in [0.1, 0.15) is 16.3 Å². The molecule has 1 N–H and O–H groups in total. The first-order chi connectivity index (χ1) is 12.0. The Morgan fingerprint density at radius 1 is 1.08 bits per heavy atom. The second-order valence-corrected chi connectivity index (χ2v) is 7.32. The molecule has 9 heteroatoms. The predicted molar refractivity (Wildman–Crippen MR) is 90.0 cm³/mol. The number of ether oxygens (including phenoxy) is 1. The first-order valence-electron chi connectivity index (χ1n) is 7.63. The Hall–Kier alpha value is -2.36. The molecule has 0 aromatic heterocycles. The van der Waals surface area contributed by atoms with Gasteiger partial charge in [-0.25, -0.2) is 12.8 Å². The molecule has 132 valence electrons. The highest BCUT2D eigenvalue weighted by atomic mass is 32.2. The van der Waals surface area contributed by atoms with E-state index in [1.165, 1.54) is 34.6 Å². The van der Waals surface area contributed by atoms with Gasteiger partial charge in [0.05, 0.1) is 0 Å². The molecule has 7 nitrogen and oxygen atoms in total. The first-order valence-corrected chi connectivity index (χ1v) is 9.07. The van der Waals surface area contributed by atoms with Crippen LogP contribution in [0, 0.1) is 10.7 Å². The van der Waals surface area contributed by atoms with Crippen LogP contribution in [0.25, 0.3) is 0 Å². The van der Waals surface area contributed by atoms with Gasteiger partial charge in [-0.3, -0.25) is 0 Å². The molecule has 0 aliphatic carbocycles. The van der Waals surface area contributed by atoms with Crippen LogP contribution in [0.4, 0.5) is 10.1 Å². The fourth-order valence-electron chi connectivity index (χ4n) is 2.51. The summed E-state index contributed by atoms with van der Waals surface area (Å²) in [6.45, 7) is 1.63. The molecule has 0 amide bonds. The van der Waals surface area contributed by atoms with Gasteiger partial charge in [-0.15, -0.1) is 4.91 Å². The Kier molecular flexibility index (Phi) is 5.07. The molecule has 1 fully saturated rings. The molecule has 3 rings (SSSR count). The van der Waals surface area contributed by atoms with Gasteiger partial charge in [0, 0.05) is 26.2 Å². The molecule has 0 spiro atoms. The first kappa shape index (κ1) is 17.5. The molecular formula is C16H16FN3O4S. The van der Waals surface area contributed by atoms with Crippen LogP contribution in [0.1, 0.15) is 0 Å². The second kappa shape index (κ2) is 7.26. The number of sulfonamides is 1. The lowest BCUT2D eigenvalue weighted by Gasteiger charge is -2.27. The van der Waals surface area contributed by atoms with E-state index < -0.39 is 15.8 Å². The number of rotatable bonds is 5. The number of para-hydroxylation sites is 1. The van der Waals surface area contributed by atoms with Crippen LogP contribution in [-0.2, 0) is 10.0 Å². The number of benzene rings is 2. The van der Waals surface area contributed by atoms with Gasteiger partial charge in [-0.2, -0.15) is 4.31 Å². The Bertz CT molecular complexity index is 883. The summed E-state index contributed by atoms with van der Waals surface area (Å²) in [6, 6.07) is 9.44. The third kappa shape index (κ3) is 3.68. The van der Waals surface area contributed by atoms with Crippen molar-refractivity contribution in [3.63, 3.8) is 0 Å². The molecule has 1 aliphatic heterocycles. The highest BCUT2D eigenvalue weighted by Crippen LogP contribution is 2.34. The van der Waals surface area contributed by atoms with Gasteiger partial charge in [0.25, 0.3) is 0 Å². The van der Waals surface area contributed by atoms with E-state index in [0.717, 1.165) is 6.07 Å². The summed E-state index contributed by atoms with van der Waals surface area (Å²) >= 11 is 0. The molecule has 1 heterocycles. The van der Waals surface area contributed by atoms with Gasteiger partial charge in [0.15, 0.2) is 11.6 Å². The fourth-order valence-corrected chi connectivity index (χ4v) is 4.08. The number of hydrogen-bond acceptors (Lipinski definition) is 6. The topological polar surface area (TPSA) is 88.1 Å². The lowest BCUT2D eigenvalue weighted by Crippen LogP contribution is -2.46. The molecule has 0 saturated carbocycles. The Morgan fingerprint density at radius 3 is 2.48 bits per heavy atom. The van der Waals surface area contributed by atoms with Crippen LogP contribution in [0.2, 0.25) is 0 Å². The standard InChI is InChI=1S/C16H16FN3O4S/c17-13-3-1-2-4-14(13)24-15-6-5-12(19-21)11-16(15)25(22,23)20-9-7-18-8-10-20/h1-6,11,18H,7-10H2. The Balaban J connectivity index is 2.04. The van der Waals surface area contributed by atoms with E-state index in [0.29, 0.717) is 26.2 Å². The molecule has 1 aliphatic rings. The van der Waals surface area contributed by atoms with E-state index in [1.54, 1.807) is 6.07 Å². The van der Waals surface area contributed by atoms with Crippen LogP contribution < -0.4 is 10.1 Å². The second-order valence-electron chi connectivity index (χ2n) is 5.41. The molecule has 2 aromatic carbocycles. The minimum absolute atomic E-state index is 0.0467. The average Bonchev–Trinajstić information content (AvgIpc) is 2.64. The Morgan fingerprint density at radius 2 is 1.80 bits per heavy atom. The average molecular weight is 365 g/mol. The predicted octanol–water partition coefficient (Wildman–Crippen LogP) is 2.61. The van der Waals surface area contributed by atoms with Gasteiger partial charge < -0.3 is 10.1 Å². The fraction of sp³-hybridized carbons (Fsp3) is 0.250. The number of halogens is 1. The van der Waals surface area contributed by atoms with E-state index in [9.17, 15) is 17.7 Å². The largest absolute Gasteiger partial charge is 0.453 e. The van der Waals surface area contributed by atoms with Crippen LogP contribution >= 0.6 is 0 Å². The van der Waals surface area contributed by atoms with Crippen LogP contribution in [0.15, 0.2) is 52.5 Å². The van der Waals surface area contributed by atoms with Crippen molar-refractivity contribution in [1.82, 2.24) is 9.62 Å². The zero-order valence-corrected chi connectivity index (χ0v) is 14.0. The number of nitrogens with zero attached hydrogens (tertiary/aromatic N) is 2. The molecule has 0 atom stereocenters. The third-order valence-corrected chi connectivity index (χ3v) is 5.70. The van der Waals surface area contributed by atoms with Crippen molar-refractivity contribution < 1.29 is 17.5 Å². The lowest BCUT2D eigenvalue weighted by molar-refractivity contribution is 0.357. The summed E-state index contributed by atoms with van der Waals surface area (Å²) in [7, 11) is -3.91. The normalized spacial score (nSPS) is 15.7. The van der Waals surface area contributed by atoms with Crippen molar-refractivity contribution >= 4 is 15.7 Å². The molecular weight excluding hydrogens is 349 g/mol. The van der Waals surface area contributed by atoms with Crippen molar-refractivity contribution in [1.29, 1.82) is 0 Å². The van der Waals surface area contributed by atoms with E-state index in [1.807, 2.05) is 0 Å². The van der Waals surface area contributed by atoms with E-state index in [-0.39, 0.29) is 22.1 Å². The van der Waals surface area contributed by atoms with Crippen LogP contribution in [-0.4, -0.2) is 38.9 Å². The van der Waals surface area contributed by atoms with E-state index in [4.69, 9.17) is 4.74 Å². The van der Waals surface area contributed by atoms with Crippen LogP contribution in [0.5, 0.6) is 11.5 Å². The van der Waals surface area contributed by atoms with Gasteiger partial charge in [-0.1, -0.05) is 12.1 Å². The van der Waals surface area contributed by atoms with E-state index >= 15 is 0 Å². The van der Waals surface area contributed by atoms with Crippen LogP contribution in [0.3, 0.4) is 0 Å². The summed E-state index contributed by atoms with van der Waals surface area (Å²) in [5.74, 6) is -0.785. The zero-order chi connectivity index (χ0) is 17.9. The molecule has 2 aromatic rings. The van der Waals surface area contributed by atoms with Crippen molar-refractivity contribution in [2.45, 2.75) is 4.90 Å². The SMILES string of the molecule is O=Nc1ccc(Oc2ccccc2F)c(S(=O)(=O)N2CCNCC2)c1. The maximum atomic E-state index is 13.8. The molecule has 0 radical (unpaired) electrons. The zero-order valence-electron chi connectivity index (χ0n) is 13.2. The third-order valence-electron chi connectivity index (χ3n) is 3.78. The van der Waals surface area contributed by atoms with Crippen molar-refractivity contribution in [2.75, 3.05) is 26.2 Å². The number of nitroso groups, excluding NO2 is 1. The highest BCUT2D eigenvalue weighted by Gasteiger charge is 2.30. The quantitative estimate of drug-likeness (QED) is 0.823. The number of hydrogen-bond donors (Lipinski definition) is 1. The van der Waals surface area contributed by atoms with Crippen molar-refractivity contribution in [3.8, 4) is 11.5 Å². The minimum Gasteiger partial charge on any atom is -0.453 e. The molecule has 25 heavy (non-hydrogen) atoms. The highest BCUT2D eigenvalue weighted by molar-refractivity contribution is 7.89. The summed E-state index contributed by atoms with van der Waals surface area (Å²) in [6.07, 6.45) is 0. The maximum Gasteiger partial charge on any atom is 0.246 e. The van der Waals surface area contributed by atoms with Gasteiger partial charge >= 0.3 is 0 Å². The Labute approximate surface area is 144 Å². The van der Waals surface area contributed by atoms with Crippen molar-refractivity contribution in [2.24, 2.45) is 5.18 Å². The molecule has 0 unspecified atom stereocenters. The monoisotopic (exact) mass is 365 g/mol. The summed E-state index contributed by atoms with van der Waals surface area (Å²) in [5.41, 5.74) is -0.0467. The van der Waals surface area contributed by atoms with Crippen molar-refractivity contribution in [3.05, 3.63) is 53.2 Å². The summed E-state index contributed by atoms with van der Waals surface area (Å²) in [4.78, 5) is 10.6. The minimum atomic E-state index is -3.91. The van der Waals surface area contributed by atoms with E-state index in [2.05, 4.69) is 10.5 Å². The molecule has 0 bridgehead atoms. The summed E-state index contributed by atoms with van der Waals surface area (Å²) < 4.78 is 46.5. The summed E-state index contributed by atoms with van der Waals surface area (Å²) in [5, 5.41) is 5.85. The van der Waals surface area contributed by atoms with Gasteiger partial charge in [0.2, 0.25) is 10.0 Å². The maximum absolute atomic E-state index is 13.8. The van der Waals surface area contributed by atoms with Gasteiger partial charge in [-0.05, 0) is 35.5 Å². The smallest absolute Gasteiger partial charge is 0.246 e. The molecule has 1 saturated heterocycles. The number of piperazine rings is 1. The lowest BCUT2D eigenvalue weighted by atomic mass is 10.3.